The number of amides is 3. The Balaban J connectivity index is 2.13. The molecular formula is C23H32N4O9. The average Bonchev–Trinajstić information content (AvgIpc) is 3.30. The van der Waals surface area contributed by atoms with Gasteiger partial charge >= 0.3 is 11.9 Å². The van der Waals surface area contributed by atoms with Crippen LogP contribution in [0.2, 0.25) is 0 Å². The number of nitrogens with one attached hydrogen (secondary N) is 2. The van der Waals surface area contributed by atoms with Crippen LogP contribution in [-0.4, -0.2) is 91.8 Å². The zero-order chi connectivity index (χ0) is 27.0. The van der Waals surface area contributed by atoms with Gasteiger partial charge in [-0.2, -0.15) is 0 Å². The molecule has 5 unspecified atom stereocenters. The van der Waals surface area contributed by atoms with Crippen LogP contribution in [0.25, 0.3) is 0 Å². The normalized spacial score (nSPS) is 18.5. The molecular weight excluding hydrogens is 476 g/mol. The summed E-state index contributed by atoms with van der Waals surface area (Å²) < 4.78 is 0. The number of phenolic OH excluding ortho intramolecular Hbond substituents is 1. The molecule has 13 nitrogen and oxygen atoms in total. The molecule has 1 fully saturated rings. The predicted octanol–water partition coefficient (Wildman–Crippen LogP) is -1.45. The number of carbonyl (C=O) groups is 5. The van der Waals surface area contributed by atoms with Crippen LogP contribution in [0.15, 0.2) is 24.3 Å². The van der Waals surface area contributed by atoms with Crippen LogP contribution < -0.4 is 16.4 Å². The molecule has 36 heavy (non-hydrogen) atoms. The van der Waals surface area contributed by atoms with E-state index in [1.54, 1.807) is 12.1 Å². The first-order chi connectivity index (χ1) is 16.9. The highest BCUT2D eigenvalue weighted by molar-refractivity contribution is 5.94. The van der Waals surface area contributed by atoms with E-state index in [9.17, 15) is 39.3 Å². The third-order valence-corrected chi connectivity index (χ3v) is 5.87. The van der Waals surface area contributed by atoms with Crippen molar-refractivity contribution in [3.8, 4) is 5.75 Å². The van der Waals surface area contributed by atoms with Gasteiger partial charge in [-0.1, -0.05) is 12.1 Å². The summed E-state index contributed by atoms with van der Waals surface area (Å²) in [4.78, 5) is 62.4. The first-order valence-electron chi connectivity index (χ1n) is 11.5. The number of likely N-dealkylation sites (tertiary alicyclic amines) is 1. The number of carbonyl (C=O) groups excluding carboxylic acids is 3. The molecule has 198 valence electrons. The number of nitrogens with two attached hydrogens (primary N) is 1. The third-order valence-electron chi connectivity index (χ3n) is 5.87. The van der Waals surface area contributed by atoms with E-state index in [2.05, 4.69) is 10.6 Å². The molecule has 8 N–H and O–H groups in total. The summed E-state index contributed by atoms with van der Waals surface area (Å²) in [5.41, 5.74) is 6.63. The maximum absolute atomic E-state index is 13.3. The van der Waals surface area contributed by atoms with Crippen molar-refractivity contribution >= 4 is 29.7 Å². The van der Waals surface area contributed by atoms with Gasteiger partial charge in [-0.3, -0.25) is 19.2 Å². The van der Waals surface area contributed by atoms with Crippen molar-refractivity contribution in [2.24, 2.45) is 5.73 Å². The number of aromatic hydroxyl groups is 1. The Hall–Kier alpha value is -3.71. The second-order valence-electron chi connectivity index (χ2n) is 8.73. The van der Waals surface area contributed by atoms with Gasteiger partial charge in [-0.05, 0) is 50.3 Å². The summed E-state index contributed by atoms with van der Waals surface area (Å²) >= 11 is 0. The SMILES string of the molecule is CC(O)C(NC(=O)C1CCCN1C(=O)C(CCC(=O)O)NC(=O)C(N)Cc1ccc(O)cc1)C(=O)O. The van der Waals surface area contributed by atoms with Gasteiger partial charge in [0.05, 0.1) is 12.1 Å². The van der Waals surface area contributed by atoms with E-state index in [0.29, 0.717) is 12.0 Å². The van der Waals surface area contributed by atoms with Gasteiger partial charge < -0.3 is 41.7 Å². The molecule has 0 spiro atoms. The van der Waals surface area contributed by atoms with Crippen molar-refractivity contribution in [3.63, 3.8) is 0 Å². The second kappa shape index (κ2) is 12.8. The maximum atomic E-state index is 13.3. The van der Waals surface area contributed by atoms with E-state index in [1.165, 1.54) is 24.0 Å². The number of phenols is 1. The fourth-order valence-electron chi connectivity index (χ4n) is 3.92. The number of aliphatic carboxylic acids is 2. The Morgan fingerprint density at radius 3 is 2.31 bits per heavy atom. The Labute approximate surface area is 207 Å². The van der Waals surface area contributed by atoms with Crippen molar-refractivity contribution in [1.29, 1.82) is 0 Å². The molecule has 0 bridgehead atoms. The van der Waals surface area contributed by atoms with Crippen LogP contribution in [0.5, 0.6) is 5.75 Å². The zero-order valence-corrected chi connectivity index (χ0v) is 19.8. The molecule has 13 heteroatoms. The Kier molecular flexibility index (Phi) is 10.2. The average molecular weight is 509 g/mol. The highest BCUT2D eigenvalue weighted by Gasteiger charge is 2.39. The van der Waals surface area contributed by atoms with E-state index >= 15 is 0 Å². The topological polar surface area (TPSA) is 220 Å². The number of carboxylic acids is 2. The Bertz CT molecular complexity index is 967. The molecule has 2 rings (SSSR count). The molecule has 5 atom stereocenters. The van der Waals surface area contributed by atoms with Gasteiger partial charge in [-0.25, -0.2) is 4.79 Å². The molecule has 0 aromatic heterocycles. The molecule has 1 aliphatic heterocycles. The van der Waals surface area contributed by atoms with Crippen LogP contribution in [-0.2, 0) is 30.4 Å². The lowest BCUT2D eigenvalue weighted by molar-refractivity contribution is -0.147. The quantitative estimate of drug-likeness (QED) is 0.174. The van der Waals surface area contributed by atoms with Crippen LogP contribution >= 0.6 is 0 Å². The number of aliphatic hydroxyl groups is 1. The molecule has 3 amide bonds. The standard InChI is InChI=1S/C23H32N4O9/c1-12(28)19(23(35)36)26-21(33)17-3-2-10-27(17)22(34)16(8-9-18(30)31)25-20(32)15(24)11-13-4-6-14(29)7-5-13/h4-7,12,15-17,19,28-29H,2-3,8-11,24H2,1H3,(H,25,32)(H,26,33)(H,30,31)(H,35,36). The Morgan fingerprint density at radius 2 is 1.75 bits per heavy atom. The predicted molar refractivity (Wildman–Crippen MR) is 125 cm³/mol. The largest absolute Gasteiger partial charge is 0.508 e. The van der Waals surface area contributed by atoms with Crippen molar-refractivity contribution < 1.29 is 44.4 Å². The second-order valence-corrected chi connectivity index (χ2v) is 8.73. The molecule has 1 saturated heterocycles. The van der Waals surface area contributed by atoms with Crippen LogP contribution in [0.4, 0.5) is 0 Å². The summed E-state index contributed by atoms with van der Waals surface area (Å²) in [6.07, 6.45) is -1.31. The summed E-state index contributed by atoms with van der Waals surface area (Å²) in [6.45, 7) is 1.35. The monoisotopic (exact) mass is 508 g/mol. The lowest BCUT2D eigenvalue weighted by Gasteiger charge is -2.30. The fraction of sp³-hybridized carbons (Fsp3) is 0.522. The highest BCUT2D eigenvalue weighted by atomic mass is 16.4. The number of hydrogen-bond donors (Lipinski definition) is 7. The molecule has 1 aromatic carbocycles. The number of benzene rings is 1. The smallest absolute Gasteiger partial charge is 0.328 e. The molecule has 0 saturated carbocycles. The number of nitrogens with zero attached hydrogens (tertiary/aromatic N) is 1. The first kappa shape index (κ1) is 28.5. The van der Waals surface area contributed by atoms with Gasteiger partial charge in [-0.15, -0.1) is 0 Å². The van der Waals surface area contributed by atoms with Gasteiger partial charge in [0.1, 0.15) is 17.8 Å². The van der Waals surface area contributed by atoms with E-state index in [-0.39, 0.29) is 31.6 Å². The zero-order valence-electron chi connectivity index (χ0n) is 19.8. The first-order valence-corrected chi connectivity index (χ1v) is 11.5. The molecule has 1 aromatic rings. The Morgan fingerprint density at radius 1 is 1.11 bits per heavy atom. The minimum atomic E-state index is -1.57. The molecule has 1 aliphatic rings. The van der Waals surface area contributed by atoms with Crippen molar-refractivity contribution in [1.82, 2.24) is 15.5 Å². The van der Waals surface area contributed by atoms with E-state index < -0.39 is 66.4 Å². The summed E-state index contributed by atoms with van der Waals surface area (Å²) in [5, 5.41) is 42.0. The lowest BCUT2D eigenvalue weighted by atomic mass is 10.0. The molecule has 0 radical (unpaired) electrons. The number of rotatable bonds is 12. The van der Waals surface area contributed by atoms with E-state index in [4.69, 9.17) is 10.8 Å². The summed E-state index contributed by atoms with van der Waals surface area (Å²) in [7, 11) is 0. The molecule has 0 aliphatic carbocycles. The maximum Gasteiger partial charge on any atom is 0.328 e. The molecule has 1 heterocycles. The van der Waals surface area contributed by atoms with Crippen molar-refractivity contribution in [2.45, 2.75) is 69.3 Å². The van der Waals surface area contributed by atoms with Gasteiger partial charge in [0, 0.05) is 13.0 Å². The minimum absolute atomic E-state index is 0.0448. The van der Waals surface area contributed by atoms with Crippen molar-refractivity contribution in [3.05, 3.63) is 29.8 Å². The highest BCUT2D eigenvalue weighted by Crippen LogP contribution is 2.20. The number of hydrogen-bond acceptors (Lipinski definition) is 8. The van der Waals surface area contributed by atoms with Gasteiger partial charge in [0.2, 0.25) is 17.7 Å². The third kappa shape index (κ3) is 7.92. The lowest BCUT2D eigenvalue weighted by Crippen LogP contribution is -2.58. The van der Waals surface area contributed by atoms with E-state index in [0.717, 1.165) is 0 Å². The summed E-state index contributed by atoms with van der Waals surface area (Å²) in [6, 6.07) is 1.06. The van der Waals surface area contributed by atoms with Crippen molar-refractivity contribution in [2.75, 3.05) is 6.54 Å². The van der Waals surface area contributed by atoms with Crippen LogP contribution in [0.1, 0.15) is 38.2 Å². The van der Waals surface area contributed by atoms with Crippen LogP contribution in [0.3, 0.4) is 0 Å². The number of carboxylic acid groups (broad SMARTS) is 2. The fourth-order valence-corrected chi connectivity index (χ4v) is 3.92. The minimum Gasteiger partial charge on any atom is -0.508 e. The van der Waals surface area contributed by atoms with E-state index in [1.807, 2.05) is 0 Å². The van der Waals surface area contributed by atoms with Gasteiger partial charge in [0.25, 0.3) is 0 Å². The van der Waals surface area contributed by atoms with Gasteiger partial charge in [0.15, 0.2) is 6.04 Å². The number of aliphatic hydroxyl groups excluding tert-OH is 1. The summed E-state index contributed by atoms with van der Waals surface area (Å²) in [5.74, 6) is -4.75. The van der Waals surface area contributed by atoms with Crippen LogP contribution in [0, 0.1) is 0 Å².